The number of anilines is 2. The van der Waals surface area contributed by atoms with Gasteiger partial charge in [0.2, 0.25) is 5.91 Å². The van der Waals surface area contributed by atoms with Crippen LogP contribution in [0.2, 0.25) is 0 Å². The summed E-state index contributed by atoms with van der Waals surface area (Å²) in [6.45, 7) is 7.48. The second kappa shape index (κ2) is 6.47. The first-order chi connectivity index (χ1) is 9.64. The minimum atomic E-state index is -0.511. The minimum Gasteiger partial charge on any atom is -0.465 e. The van der Waals surface area contributed by atoms with Crippen LogP contribution >= 0.6 is 0 Å². The second-order valence-corrected chi connectivity index (χ2v) is 5.90. The van der Waals surface area contributed by atoms with E-state index in [9.17, 15) is 9.59 Å². The fourth-order valence-corrected chi connectivity index (χ4v) is 1.73. The van der Waals surface area contributed by atoms with Gasteiger partial charge in [-0.2, -0.15) is 0 Å². The largest absolute Gasteiger partial charge is 0.465 e. The summed E-state index contributed by atoms with van der Waals surface area (Å²) < 4.78 is 4.66. The summed E-state index contributed by atoms with van der Waals surface area (Å²) in [6, 6.07) is 4.44. The van der Waals surface area contributed by atoms with Gasteiger partial charge in [0.25, 0.3) is 0 Å². The molecule has 0 fully saturated rings. The molecule has 0 saturated carbocycles. The molecule has 1 atom stereocenters. The molecule has 6 heteroatoms. The summed E-state index contributed by atoms with van der Waals surface area (Å²) in [5.74, 6) is -0.637. The maximum Gasteiger partial charge on any atom is 0.340 e. The van der Waals surface area contributed by atoms with Gasteiger partial charge < -0.3 is 21.1 Å². The number of hydrogen-bond donors (Lipinski definition) is 3. The van der Waals surface area contributed by atoms with Gasteiger partial charge in [-0.3, -0.25) is 4.79 Å². The Bertz CT molecular complexity index is 535. The van der Waals surface area contributed by atoms with Gasteiger partial charge in [0, 0.05) is 16.9 Å². The Morgan fingerprint density at radius 3 is 2.43 bits per heavy atom. The standard InChI is InChI=1S/C15H23N3O3/c1-9(13(19)18-15(2,3)4)17-10-6-7-12(16)11(8-10)14(20)21-5/h6-9,17H,16H2,1-5H3,(H,18,19). The third kappa shape index (κ3) is 4.98. The van der Waals surface area contributed by atoms with Gasteiger partial charge in [-0.1, -0.05) is 0 Å². The lowest BCUT2D eigenvalue weighted by Gasteiger charge is -2.24. The van der Waals surface area contributed by atoms with Gasteiger partial charge in [-0.25, -0.2) is 4.79 Å². The summed E-state index contributed by atoms with van der Waals surface area (Å²) in [5, 5.41) is 5.92. The first kappa shape index (κ1) is 16.8. The normalized spacial score (nSPS) is 12.4. The van der Waals surface area contributed by atoms with Crippen molar-refractivity contribution in [2.24, 2.45) is 0 Å². The van der Waals surface area contributed by atoms with Crippen molar-refractivity contribution >= 4 is 23.3 Å². The van der Waals surface area contributed by atoms with E-state index in [2.05, 4.69) is 15.4 Å². The molecule has 0 aliphatic rings. The fourth-order valence-electron chi connectivity index (χ4n) is 1.73. The minimum absolute atomic E-state index is 0.126. The average molecular weight is 293 g/mol. The number of nitrogens with two attached hydrogens (primary N) is 1. The number of hydrogen-bond acceptors (Lipinski definition) is 5. The summed E-state index contributed by atoms with van der Waals surface area (Å²) in [5.41, 5.74) is 6.66. The molecular formula is C15H23N3O3. The van der Waals surface area contributed by atoms with Crippen molar-refractivity contribution in [2.75, 3.05) is 18.2 Å². The number of ether oxygens (including phenoxy) is 1. The molecule has 6 nitrogen and oxygen atoms in total. The van der Waals surface area contributed by atoms with Crippen molar-refractivity contribution < 1.29 is 14.3 Å². The van der Waals surface area contributed by atoms with E-state index in [1.54, 1.807) is 25.1 Å². The number of esters is 1. The summed E-state index contributed by atoms with van der Waals surface area (Å²) in [4.78, 5) is 23.6. The predicted molar refractivity (Wildman–Crippen MR) is 83.2 cm³/mol. The van der Waals surface area contributed by atoms with E-state index in [-0.39, 0.29) is 17.0 Å². The van der Waals surface area contributed by atoms with E-state index in [0.29, 0.717) is 11.4 Å². The van der Waals surface area contributed by atoms with Crippen LogP contribution in [-0.4, -0.2) is 30.6 Å². The van der Waals surface area contributed by atoms with Crippen LogP contribution in [0.4, 0.5) is 11.4 Å². The molecule has 0 saturated heterocycles. The molecule has 1 unspecified atom stereocenters. The highest BCUT2D eigenvalue weighted by Gasteiger charge is 2.19. The highest BCUT2D eigenvalue weighted by Crippen LogP contribution is 2.19. The van der Waals surface area contributed by atoms with E-state index in [1.165, 1.54) is 7.11 Å². The topological polar surface area (TPSA) is 93.4 Å². The van der Waals surface area contributed by atoms with Gasteiger partial charge >= 0.3 is 5.97 Å². The molecule has 4 N–H and O–H groups in total. The van der Waals surface area contributed by atoms with Gasteiger partial charge in [0.1, 0.15) is 6.04 Å². The number of nitrogens with one attached hydrogen (secondary N) is 2. The van der Waals surface area contributed by atoms with Crippen LogP contribution in [0, 0.1) is 0 Å². The molecule has 0 spiro atoms. The smallest absolute Gasteiger partial charge is 0.340 e. The van der Waals surface area contributed by atoms with Crippen LogP contribution in [0.5, 0.6) is 0 Å². The number of amides is 1. The molecule has 0 aliphatic carbocycles. The second-order valence-electron chi connectivity index (χ2n) is 5.90. The number of rotatable bonds is 4. The zero-order chi connectivity index (χ0) is 16.2. The zero-order valence-corrected chi connectivity index (χ0v) is 13.1. The Hall–Kier alpha value is -2.24. The zero-order valence-electron chi connectivity index (χ0n) is 13.1. The van der Waals surface area contributed by atoms with E-state index in [0.717, 1.165) is 0 Å². The maximum atomic E-state index is 12.0. The van der Waals surface area contributed by atoms with Crippen LogP contribution in [0.3, 0.4) is 0 Å². The van der Waals surface area contributed by atoms with Gasteiger partial charge in [-0.15, -0.1) is 0 Å². The number of carbonyl (C=O) groups is 2. The van der Waals surface area contributed by atoms with Crippen LogP contribution in [0.15, 0.2) is 18.2 Å². The highest BCUT2D eigenvalue weighted by molar-refractivity contribution is 5.96. The molecule has 21 heavy (non-hydrogen) atoms. The molecule has 0 bridgehead atoms. The summed E-state index contributed by atoms with van der Waals surface area (Å²) in [7, 11) is 1.29. The Labute approximate surface area is 125 Å². The molecule has 0 aromatic heterocycles. The van der Waals surface area contributed by atoms with Gasteiger partial charge in [0.05, 0.1) is 12.7 Å². The number of methoxy groups -OCH3 is 1. The Kier molecular flexibility index (Phi) is 5.18. The monoisotopic (exact) mass is 293 g/mol. The maximum absolute atomic E-state index is 12.0. The van der Waals surface area contributed by atoms with E-state index in [1.807, 2.05) is 20.8 Å². The van der Waals surface area contributed by atoms with Gasteiger partial charge in [0.15, 0.2) is 0 Å². The quantitative estimate of drug-likeness (QED) is 0.581. The lowest BCUT2D eigenvalue weighted by Crippen LogP contribution is -2.47. The van der Waals surface area contributed by atoms with Crippen LogP contribution in [-0.2, 0) is 9.53 Å². The van der Waals surface area contributed by atoms with Crippen molar-refractivity contribution in [3.63, 3.8) is 0 Å². The lowest BCUT2D eigenvalue weighted by molar-refractivity contribution is -0.122. The lowest BCUT2D eigenvalue weighted by atomic mass is 10.1. The summed E-state index contributed by atoms with van der Waals surface area (Å²) in [6.07, 6.45) is 0. The van der Waals surface area contributed by atoms with Crippen molar-refractivity contribution in [2.45, 2.75) is 39.3 Å². The SMILES string of the molecule is COC(=O)c1cc(NC(C)C(=O)NC(C)(C)C)ccc1N. The van der Waals surface area contributed by atoms with Crippen molar-refractivity contribution in [1.82, 2.24) is 5.32 Å². The van der Waals surface area contributed by atoms with Crippen molar-refractivity contribution in [3.8, 4) is 0 Å². The number of carbonyl (C=O) groups excluding carboxylic acids is 2. The molecule has 0 radical (unpaired) electrons. The Morgan fingerprint density at radius 1 is 1.29 bits per heavy atom. The average Bonchev–Trinajstić information content (AvgIpc) is 2.38. The predicted octanol–water partition coefficient (Wildman–Crippen LogP) is 1.77. The highest BCUT2D eigenvalue weighted by atomic mass is 16.5. The molecule has 0 heterocycles. The van der Waals surface area contributed by atoms with Crippen molar-refractivity contribution in [1.29, 1.82) is 0 Å². The third-order valence-electron chi connectivity index (χ3n) is 2.73. The van der Waals surface area contributed by atoms with Crippen LogP contribution < -0.4 is 16.4 Å². The Morgan fingerprint density at radius 2 is 1.90 bits per heavy atom. The van der Waals surface area contributed by atoms with E-state index >= 15 is 0 Å². The van der Waals surface area contributed by atoms with Gasteiger partial charge in [-0.05, 0) is 45.9 Å². The van der Waals surface area contributed by atoms with Crippen molar-refractivity contribution in [3.05, 3.63) is 23.8 Å². The number of benzene rings is 1. The van der Waals surface area contributed by atoms with Crippen LogP contribution in [0.25, 0.3) is 0 Å². The van der Waals surface area contributed by atoms with Crippen LogP contribution in [0.1, 0.15) is 38.1 Å². The summed E-state index contributed by atoms with van der Waals surface area (Å²) >= 11 is 0. The number of nitrogen functional groups attached to an aromatic ring is 1. The van der Waals surface area contributed by atoms with E-state index in [4.69, 9.17) is 5.73 Å². The third-order valence-corrected chi connectivity index (χ3v) is 2.73. The molecule has 116 valence electrons. The first-order valence-corrected chi connectivity index (χ1v) is 6.70. The fraction of sp³-hybridized carbons (Fsp3) is 0.467. The molecule has 1 rings (SSSR count). The van der Waals surface area contributed by atoms with E-state index < -0.39 is 12.0 Å². The Balaban J connectivity index is 2.84. The molecule has 0 aliphatic heterocycles. The molecule has 1 aromatic rings. The first-order valence-electron chi connectivity index (χ1n) is 6.70. The molecular weight excluding hydrogens is 270 g/mol. The molecule has 1 aromatic carbocycles. The molecule has 1 amide bonds.